The summed E-state index contributed by atoms with van der Waals surface area (Å²) >= 11 is 0. The second kappa shape index (κ2) is 11.0. The third-order valence-corrected chi connectivity index (χ3v) is 4.45. The maximum Gasteiger partial charge on any atom is 0.326 e. The molecule has 9 heteroatoms. The van der Waals surface area contributed by atoms with Crippen LogP contribution in [0.1, 0.15) is 32.3 Å². The minimum absolute atomic E-state index is 0.101. The molecule has 154 valence electrons. The maximum atomic E-state index is 12.7. The van der Waals surface area contributed by atoms with Crippen molar-refractivity contribution in [2.45, 2.75) is 51.2 Å². The van der Waals surface area contributed by atoms with Crippen molar-refractivity contribution in [3.05, 3.63) is 35.9 Å². The number of carbonyl (C=O) groups is 4. The summed E-state index contributed by atoms with van der Waals surface area (Å²) in [5.41, 5.74) is 11.4. The SMILES string of the molecule is CC[C@H](C)[C@H](NC(=O)[C@@H](N)CC(N)=O)C(=O)N[C@@H](Cc1ccccc1)C(=O)O. The van der Waals surface area contributed by atoms with Gasteiger partial charge in [-0.15, -0.1) is 0 Å². The van der Waals surface area contributed by atoms with E-state index in [1.165, 1.54) is 0 Å². The van der Waals surface area contributed by atoms with Crippen molar-refractivity contribution in [2.24, 2.45) is 17.4 Å². The van der Waals surface area contributed by atoms with Gasteiger partial charge in [-0.05, 0) is 11.5 Å². The van der Waals surface area contributed by atoms with Gasteiger partial charge in [-0.1, -0.05) is 50.6 Å². The van der Waals surface area contributed by atoms with E-state index in [4.69, 9.17) is 11.5 Å². The average molecular weight is 392 g/mol. The Balaban J connectivity index is 2.88. The number of aliphatic carboxylic acids is 1. The van der Waals surface area contributed by atoms with Crippen LogP contribution in [-0.2, 0) is 25.6 Å². The molecule has 0 aromatic heterocycles. The quantitative estimate of drug-likeness (QED) is 0.342. The van der Waals surface area contributed by atoms with Crippen molar-refractivity contribution in [1.29, 1.82) is 0 Å². The Morgan fingerprint density at radius 2 is 1.68 bits per heavy atom. The molecule has 0 saturated carbocycles. The van der Waals surface area contributed by atoms with E-state index >= 15 is 0 Å². The summed E-state index contributed by atoms with van der Waals surface area (Å²) in [6.45, 7) is 3.58. The van der Waals surface area contributed by atoms with Crippen LogP contribution in [0, 0.1) is 5.92 Å². The van der Waals surface area contributed by atoms with Crippen LogP contribution in [0.25, 0.3) is 0 Å². The molecular formula is C19H28N4O5. The number of primary amides is 1. The molecule has 0 aliphatic rings. The second-order valence-corrected chi connectivity index (χ2v) is 6.74. The van der Waals surface area contributed by atoms with Crippen LogP contribution in [0.2, 0.25) is 0 Å². The molecule has 1 rings (SSSR count). The van der Waals surface area contributed by atoms with Gasteiger partial charge in [0.25, 0.3) is 0 Å². The van der Waals surface area contributed by atoms with Crippen LogP contribution in [0.15, 0.2) is 30.3 Å². The van der Waals surface area contributed by atoms with Gasteiger partial charge in [0.1, 0.15) is 12.1 Å². The van der Waals surface area contributed by atoms with Crippen molar-refractivity contribution in [2.75, 3.05) is 0 Å². The number of hydrogen-bond donors (Lipinski definition) is 5. The molecule has 0 radical (unpaired) electrons. The zero-order chi connectivity index (χ0) is 21.3. The Morgan fingerprint density at radius 1 is 1.07 bits per heavy atom. The van der Waals surface area contributed by atoms with E-state index in [0.29, 0.717) is 6.42 Å². The predicted octanol–water partition coefficient (Wildman–Crippen LogP) is -0.468. The topological polar surface area (TPSA) is 165 Å². The van der Waals surface area contributed by atoms with Crippen molar-refractivity contribution < 1.29 is 24.3 Å². The number of carbonyl (C=O) groups excluding carboxylic acids is 3. The second-order valence-electron chi connectivity index (χ2n) is 6.74. The highest BCUT2D eigenvalue weighted by Gasteiger charge is 2.31. The molecular weight excluding hydrogens is 364 g/mol. The van der Waals surface area contributed by atoms with Crippen molar-refractivity contribution in [1.82, 2.24) is 10.6 Å². The highest BCUT2D eigenvalue weighted by Crippen LogP contribution is 2.10. The van der Waals surface area contributed by atoms with Crippen LogP contribution < -0.4 is 22.1 Å². The fourth-order valence-electron chi connectivity index (χ4n) is 2.58. The predicted molar refractivity (Wildman–Crippen MR) is 103 cm³/mol. The lowest BCUT2D eigenvalue weighted by Gasteiger charge is -2.26. The lowest BCUT2D eigenvalue weighted by molar-refractivity contribution is -0.142. The lowest BCUT2D eigenvalue weighted by Crippen LogP contribution is -2.57. The van der Waals surface area contributed by atoms with Crippen LogP contribution in [0.3, 0.4) is 0 Å². The minimum Gasteiger partial charge on any atom is -0.480 e. The van der Waals surface area contributed by atoms with E-state index in [0.717, 1.165) is 5.56 Å². The number of hydrogen-bond acceptors (Lipinski definition) is 5. The monoisotopic (exact) mass is 392 g/mol. The molecule has 0 heterocycles. The first kappa shape index (κ1) is 23.1. The third-order valence-electron chi connectivity index (χ3n) is 4.45. The summed E-state index contributed by atoms with van der Waals surface area (Å²) in [5, 5.41) is 14.4. The molecule has 0 saturated heterocycles. The van der Waals surface area contributed by atoms with E-state index in [1.807, 2.05) is 13.0 Å². The van der Waals surface area contributed by atoms with Crippen molar-refractivity contribution in [3.8, 4) is 0 Å². The summed E-state index contributed by atoms with van der Waals surface area (Å²) in [7, 11) is 0. The first-order chi connectivity index (χ1) is 13.1. The van der Waals surface area contributed by atoms with Gasteiger partial charge in [0, 0.05) is 6.42 Å². The number of carboxylic acid groups (broad SMARTS) is 1. The van der Waals surface area contributed by atoms with Gasteiger partial charge in [0.2, 0.25) is 17.7 Å². The van der Waals surface area contributed by atoms with E-state index in [2.05, 4.69) is 10.6 Å². The van der Waals surface area contributed by atoms with E-state index in [-0.39, 0.29) is 18.8 Å². The number of benzene rings is 1. The smallest absolute Gasteiger partial charge is 0.326 e. The number of nitrogens with one attached hydrogen (secondary N) is 2. The van der Waals surface area contributed by atoms with Gasteiger partial charge in [0.05, 0.1) is 12.5 Å². The summed E-state index contributed by atoms with van der Waals surface area (Å²) in [6.07, 6.45) is 0.302. The molecule has 0 aliphatic carbocycles. The Hall–Kier alpha value is -2.94. The zero-order valence-electron chi connectivity index (χ0n) is 16.1. The maximum absolute atomic E-state index is 12.7. The fraction of sp³-hybridized carbons (Fsp3) is 0.474. The van der Waals surface area contributed by atoms with Crippen molar-refractivity contribution >= 4 is 23.7 Å². The zero-order valence-corrected chi connectivity index (χ0v) is 16.1. The standard InChI is InChI=1S/C19H28N4O5/c1-3-11(2)16(23-17(25)13(20)10-15(21)24)18(26)22-14(19(27)28)9-12-7-5-4-6-8-12/h4-8,11,13-14,16H,3,9-10,20H2,1-2H3,(H2,21,24)(H,22,26)(H,23,25)(H,27,28)/t11-,13-,14-,16-/m0/s1. The van der Waals surface area contributed by atoms with Crippen LogP contribution in [0.5, 0.6) is 0 Å². The van der Waals surface area contributed by atoms with Gasteiger partial charge >= 0.3 is 5.97 Å². The summed E-state index contributed by atoms with van der Waals surface area (Å²) in [5.74, 6) is -3.53. The summed E-state index contributed by atoms with van der Waals surface area (Å²) in [6, 6.07) is 5.55. The fourth-order valence-corrected chi connectivity index (χ4v) is 2.58. The van der Waals surface area contributed by atoms with Crippen LogP contribution >= 0.6 is 0 Å². The average Bonchev–Trinajstić information content (AvgIpc) is 2.64. The Morgan fingerprint density at radius 3 is 2.18 bits per heavy atom. The van der Waals surface area contributed by atoms with Crippen molar-refractivity contribution in [3.63, 3.8) is 0 Å². The first-order valence-corrected chi connectivity index (χ1v) is 9.07. The minimum atomic E-state index is -1.18. The summed E-state index contributed by atoms with van der Waals surface area (Å²) in [4.78, 5) is 47.4. The molecule has 9 nitrogen and oxygen atoms in total. The van der Waals surface area contributed by atoms with Gasteiger partial charge in [-0.25, -0.2) is 4.79 Å². The molecule has 0 fully saturated rings. The van der Waals surface area contributed by atoms with Gasteiger partial charge in [-0.3, -0.25) is 14.4 Å². The molecule has 0 aliphatic heterocycles. The normalized spacial score (nSPS) is 15.0. The third kappa shape index (κ3) is 7.36. The van der Waals surface area contributed by atoms with E-state index in [1.54, 1.807) is 31.2 Å². The molecule has 4 atom stereocenters. The van der Waals surface area contributed by atoms with Crippen LogP contribution in [0.4, 0.5) is 0 Å². The molecule has 3 amide bonds. The largest absolute Gasteiger partial charge is 0.480 e. The molecule has 28 heavy (non-hydrogen) atoms. The molecule has 0 spiro atoms. The molecule has 0 bridgehead atoms. The number of rotatable bonds is 11. The number of carboxylic acids is 1. The number of amides is 3. The van der Waals surface area contributed by atoms with Crippen LogP contribution in [-0.4, -0.2) is 46.9 Å². The Kier molecular flexibility index (Phi) is 9.10. The van der Waals surface area contributed by atoms with Gasteiger partial charge in [-0.2, -0.15) is 0 Å². The number of nitrogens with two attached hydrogens (primary N) is 2. The lowest BCUT2D eigenvalue weighted by atomic mass is 9.96. The Labute approximate surface area is 163 Å². The molecule has 1 aromatic rings. The first-order valence-electron chi connectivity index (χ1n) is 9.07. The summed E-state index contributed by atoms with van der Waals surface area (Å²) < 4.78 is 0. The molecule has 1 aromatic carbocycles. The molecule has 0 unspecified atom stereocenters. The highest BCUT2D eigenvalue weighted by atomic mass is 16.4. The van der Waals surface area contributed by atoms with E-state index in [9.17, 15) is 24.3 Å². The van der Waals surface area contributed by atoms with E-state index < -0.39 is 41.8 Å². The van der Waals surface area contributed by atoms with Gasteiger partial charge in [0.15, 0.2) is 0 Å². The Bertz CT molecular complexity index is 695. The highest BCUT2D eigenvalue weighted by molar-refractivity contribution is 5.93. The molecule has 7 N–H and O–H groups in total. The van der Waals surface area contributed by atoms with Gasteiger partial charge < -0.3 is 27.2 Å².